The molecule has 1 aromatic carbocycles. The zero-order valence-electron chi connectivity index (χ0n) is 11.8. The normalized spacial score (nSPS) is 11.5. The van der Waals surface area contributed by atoms with Crippen LogP contribution in [0.25, 0.3) is 0 Å². The lowest BCUT2D eigenvalue weighted by Crippen LogP contribution is -2.35. The van der Waals surface area contributed by atoms with Crippen molar-refractivity contribution in [2.24, 2.45) is 0 Å². The Labute approximate surface area is 131 Å². The van der Waals surface area contributed by atoms with Crippen molar-refractivity contribution in [2.75, 3.05) is 5.75 Å². The molecule has 8 heteroatoms. The summed E-state index contributed by atoms with van der Waals surface area (Å²) in [6.45, 7) is 4.98. The second-order valence-corrected chi connectivity index (χ2v) is 7.68. The minimum absolute atomic E-state index is 0.157. The lowest BCUT2D eigenvalue weighted by Gasteiger charge is -2.12. The van der Waals surface area contributed by atoms with Crippen LogP contribution < -0.4 is 5.32 Å². The van der Waals surface area contributed by atoms with Gasteiger partial charge in [0.1, 0.15) is 5.75 Å². The molecule has 0 saturated carbocycles. The summed E-state index contributed by atoms with van der Waals surface area (Å²) in [6.07, 6.45) is 0. The van der Waals surface area contributed by atoms with Gasteiger partial charge in [-0.2, -0.15) is 0 Å². The summed E-state index contributed by atoms with van der Waals surface area (Å²) in [5.41, 5.74) is 0.215. The third-order valence-corrected chi connectivity index (χ3v) is 5.21. The zero-order valence-corrected chi connectivity index (χ0v) is 14.2. The molecule has 0 aliphatic rings. The van der Waals surface area contributed by atoms with E-state index in [0.29, 0.717) is 10.0 Å². The van der Waals surface area contributed by atoms with Gasteiger partial charge in [0.05, 0.1) is 10.5 Å². The van der Waals surface area contributed by atoms with Crippen LogP contribution in [0.3, 0.4) is 0 Å². The number of carbonyl (C=O) groups excluding carboxylic acids is 1. The lowest BCUT2D eigenvalue weighted by atomic mass is 10.1. The number of carboxylic acid groups (broad SMARTS) is 1. The van der Waals surface area contributed by atoms with Gasteiger partial charge >= 0.3 is 5.97 Å². The van der Waals surface area contributed by atoms with E-state index in [2.05, 4.69) is 21.2 Å². The molecule has 0 fully saturated rings. The maximum Gasteiger partial charge on any atom is 0.335 e. The van der Waals surface area contributed by atoms with Crippen LogP contribution in [0.1, 0.15) is 29.8 Å². The van der Waals surface area contributed by atoms with Crippen molar-refractivity contribution in [1.29, 1.82) is 0 Å². The first kappa shape index (κ1) is 17.6. The number of halogens is 1. The molecule has 0 aromatic heterocycles. The van der Waals surface area contributed by atoms with Gasteiger partial charge in [-0.3, -0.25) is 4.79 Å². The fourth-order valence-corrected chi connectivity index (χ4v) is 3.77. The molecule has 0 heterocycles. The van der Waals surface area contributed by atoms with E-state index in [4.69, 9.17) is 5.11 Å². The molecule has 0 aliphatic heterocycles. The van der Waals surface area contributed by atoms with E-state index in [1.165, 1.54) is 6.07 Å². The van der Waals surface area contributed by atoms with Crippen LogP contribution in [0.2, 0.25) is 0 Å². The average molecular weight is 378 g/mol. The molecule has 0 unspecified atom stereocenters. The Hall–Kier alpha value is -1.41. The van der Waals surface area contributed by atoms with Crippen LogP contribution in [0.5, 0.6) is 0 Å². The SMILES string of the molecule is Cc1c(Br)cc(C(=O)O)cc1S(=O)(=O)CC(=O)NC(C)C. The molecule has 2 N–H and O–H groups in total. The summed E-state index contributed by atoms with van der Waals surface area (Å²) >= 11 is 3.14. The van der Waals surface area contributed by atoms with Gasteiger partial charge in [-0.05, 0) is 38.5 Å². The summed E-state index contributed by atoms with van der Waals surface area (Å²) in [6, 6.07) is 2.22. The minimum atomic E-state index is -3.92. The molecular weight excluding hydrogens is 362 g/mol. The van der Waals surface area contributed by atoms with Gasteiger partial charge in [-0.15, -0.1) is 0 Å². The number of sulfone groups is 1. The van der Waals surface area contributed by atoms with Gasteiger partial charge in [0, 0.05) is 10.5 Å². The Kier molecular flexibility index (Phi) is 5.52. The van der Waals surface area contributed by atoms with Crippen molar-refractivity contribution in [3.05, 3.63) is 27.7 Å². The van der Waals surface area contributed by atoms with E-state index >= 15 is 0 Å². The molecule has 0 saturated heterocycles. The topological polar surface area (TPSA) is 101 Å². The largest absolute Gasteiger partial charge is 0.478 e. The molecule has 6 nitrogen and oxygen atoms in total. The number of carboxylic acids is 1. The first-order valence-corrected chi connectivity index (χ1v) is 8.54. The van der Waals surface area contributed by atoms with Crippen LogP contribution in [0, 0.1) is 6.92 Å². The molecule has 1 rings (SSSR count). The Morgan fingerprint density at radius 3 is 2.38 bits per heavy atom. The minimum Gasteiger partial charge on any atom is -0.478 e. The van der Waals surface area contributed by atoms with Crippen LogP contribution in [0.4, 0.5) is 0 Å². The summed E-state index contributed by atoms with van der Waals surface area (Å²) in [4.78, 5) is 22.5. The van der Waals surface area contributed by atoms with Crippen LogP contribution in [-0.2, 0) is 14.6 Å². The van der Waals surface area contributed by atoms with Gasteiger partial charge in [-0.1, -0.05) is 15.9 Å². The fraction of sp³-hybridized carbons (Fsp3) is 0.385. The van der Waals surface area contributed by atoms with Crippen molar-refractivity contribution in [1.82, 2.24) is 5.32 Å². The standard InChI is InChI=1S/C13H16BrNO5S/c1-7(2)15-12(16)6-21(19,20)11-5-9(13(17)18)4-10(14)8(11)3/h4-5,7H,6H2,1-3H3,(H,15,16)(H,17,18). The third-order valence-electron chi connectivity index (χ3n) is 2.65. The van der Waals surface area contributed by atoms with Gasteiger partial charge < -0.3 is 10.4 Å². The molecule has 0 radical (unpaired) electrons. The average Bonchev–Trinajstić information content (AvgIpc) is 2.29. The Balaban J connectivity index is 3.25. The number of hydrogen-bond donors (Lipinski definition) is 2. The molecular formula is C13H16BrNO5S. The summed E-state index contributed by atoms with van der Waals surface area (Å²) in [7, 11) is -3.92. The maximum atomic E-state index is 12.3. The van der Waals surface area contributed by atoms with Crippen LogP contribution in [-0.4, -0.2) is 37.2 Å². The highest BCUT2D eigenvalue weighted by Crippen LogP contribution is 2.26. The summed E-state index contributed by atoms with van der Waals surface area (Å²) < 4.78 is 25.0. The van der Waals surface area contributed by atoms with Crippen LogP contribution >= 0.6 is 15.9 Å². The molecule has 0 bridgehead atoms. The van der Waals surface area contributed by atoms with Crippen molar-refractivity contribution in [3.8, 4) is 0 Å². The van der Waals surface area contributed by atoms with Gasteiger partial charge in [-0.25, -0.2) is 13.2 Å². The predicted molar refractivity (Wildman–Crippen MR) is 81.2 cm³/mol. The molecule has 1 aromatic rings. The van der Waals surface area contributed by atoms with E-state index in [1.807, 2.05) is 0 Å². The van der Waals surface area contributed by atoms with Crippen molar-refractivity contribution in [2.45, 2.75) is 31.7 Å². The van der Waals surface area contributed by atoms with E-state index in [1.54, 1.807) is 20.8 Å². The number of benzene rings is 1. The quantitative estimate of drug-likeness (QED) is 0.813. The van der Waals surface area contributed by atoms with E-state index in [0.717, 1.165) is 6.07 Å². The smallest absolute Gasteiger partial charge is 0.335 e. The first-order chi connectivity index (χ1) is 9.54. The second kappa shape index (κ2) is 6.57. The second-order valence-electron chi connectivity index (χ2n) is 4.87. The maximum absolute atomic E-state index is 12.3. The lowest BCUT2D eigenvalue weighted by molar-refractivity contribution is -0.119. The molecule has 0 spiro atoms. The molecule has 1 amide bonds. The zero-order chi connectivity index (χ0) is 16.4. The van der Waals surface area contributed by atoms with Crippen LogP contribution in [0.15, 0.2) is 21.5 Å². The highest BCUT2D eigenvalue weighted by Gasteiger charge is 2.24. The molecule has 21 heavy (non-hydrogen) atoms. The van der Waals surface area contributed by atoms with Crippen molar-refractivity contribution in [3.63, 3.8) is 0 Å². The number of hydrogen-bond acceptors (Lipinski definition) is 4. The predicted octanol–water partition coefficient (Wildman–Crippen LogP) is 1.75. The Morgan fingerprint density at radius 1 is 1.33 bits per heavy atom. The Bertz CT molecular complexity index is 682. The molecule has 116 valence electrons. The highest BCUT2D eigenvalue weighted by molar-refractivity contribution is 9.10. The number of nitrogens with one attached hydrogen (secondary N) is 1. The molecule has 0 atom stereocenters. The fourth-order valence-electron chi connectivity index (χ4n) is 1.71. The van der Waals surface area contributed by atoms with Crippen molar-refractivity contribution < 1.29 is 23.1 Å². The summed E-state index contributed by atoms with van der Waals surface area (Å²) in [5, 5.41) is 11.5. The highest BCUT2D eigenvalue weighted by atomic mass is 79.9. The van der Waals surface area contributed by atoms with E-state index < -0.39 is 27.5 Å². The van der Waals surface area contributed by atoms with E-state index in [-0.39, 0.29) is 16.5 Å². The Morgan fingerprint density at radius 2 is 1.90 bits per heavy atom. The number of rotatable bonds is 5. The third kappa shape index (κ3) is 4.53. The first-order valence-electron chi connectivity index (χ1n) is 6.10. The summed E-state index contributed by atoms with van der Waals surface area (Å²) in [5.74, 6) is -2.58. The number of aromatic carboxylic acids is 1. The van der Waals surface area contributed by atoms with Gasteiger partial charge in [0.15, 0.2) is 9.84 Å². The van der Waals surface area contributed by atoms with Crippen molar-refractivity contribution >= 4 is 37.6 Å². The number of amides is 1. The van der Waals surface area contributed by atoms with E-state index in [9.17, 15) is 18.0 Å². The van der Waals surface area contributed by atoms with Gasteiger partial charge in [0.2, 0.25) is 5.91 Å². The van der Waals surface area contributed by atoms with Gasteiger partial charge in [0.25, 0.3) is 0 Å². The monoisotopic (exact) mass is 377 g/mol. The number of carbonyl (C=O) groups is 2. The molecule has 0 aliphatic carbocycles.